The molecule has 0 unspecified atom stereocenters. The molecule has 0 aliphatic carbocycles. The van der Waals surface area contributed by atoms with Crippen LogP contribution in [0.3, 0.4) is 0 Å². The van der Waals surface area contributed by atoms with E-state index in [4.69, 9.17) is 5.73 Å². The van der Waals surface area contributed by atoms with E-state index in [-0.39, 0.29) is 5.41 Å². The maximum absolute atomic E-state index is 5.59. The number of piperazine rings is 1. The number of hydrogen-bond donors (Lipinski definition) is 1. The molecule has 1 rings (SSSR count). The number of rotatable bonds is 5. The lowest BCUT2D eigenvalue weighted by molar-refractivity contribution is 0.111. The molecule has 0 amide bonds. The van der Waals surface area contributed by atoms with E-state index in [0.717, 1.165) is 45.8 Å². The highest BCUT2D eigenvalue weighted by Crippen LogP contribution is 2.19. The van der Waals surface area contributed by atoms with Crippen molar-refractivity contribution in [3.05, 3.63) is 17.4 Å². The third-order valence-corrected chi connectivity index (χ3v) is 3.29. The molecule has 3 heteroatoms. The maximum atomic E-state index is 5.59. The summed E-state index contributed by atoms with van der Waals surface area (Å²) < 4.78 is 0. The molecule has 0 aromatic heterocycles. The van der Waals surface area contributed by atoms with Crippen LogP contribution in [-0.2, 0) is 0 Å². The Balaban J connectivity index is 2.42. The van der Waals surface area contributed by atoms with E-state index in [1.165, 1.54) is 5.57 Å². The predicted octanol–water partition coefficient (Wildman–Crippen LogP) is 1.71. The lowest BCUT2D eigenvalue weighted by atomic mass is 9.92. The van der Waals surface area contributed by atoms with Gasteiger partial charge >= 0.3 is 0 Å². The van der Waals surface area contributed by atoms with Crippen LogP contribution in [0.25, 0.3) is 0 Å². The van der Waals surface area contributed by atoms with Crippen molar-refractivity contribution in [1.82, 2.24) is 9.80 Å². The smallest absolute Gasteiger partial charge is 0.0110 e. The minimum atomic E-state index is 0.202. The van der Waals surface area contributed by atoms with Crippen LogP contribution < -0.4 is 5.73 Å². The van der Waals surface area contributed by atoms with Gasteiger partial charge in [-0.25, -0.2) is 0 Å². The highest BCUT2D eigenvalue weighted by atomic mass is 15.3. The molecule has 0 radical (unpaired) electrons. The van der Waals surface area contributed by atoms with Gasteiger partial charge in [0.05, 0.1) is 0 Å². The first kappa shape index (κ1) is 15.5. The summed E-state index contributed by atoms with van der Waals surface area (Å²) in [5.74, 6) is 0. The van der Waals surface area contributed by atoms with Gasteiger partial charge in [0.15, 0.2) is 0 Å². The molecular formula is C15H29N3. The van der Waals surface area contributed by atoms with Crippen molar-refractivity contribution in [3.63, 3.8) is 0 Å². The molecule has 3 nitrogen and oxygen atoms in total. The van der Waals surface area contributed by atoms with Crippen molar-refractivity contribution in [2.24, 2.45) is 11.1 Å². The highest BCUT2D eigenvalue weighted by Gasteiger charge is 2.22. The Morgan fingerprint density at radius 2 is 1.72 bits per heavy atom. The molecule has 0 bridgehead atoms. The first-order valence-corrected chi connectivity index (χ1v) is 6.99. The number of nitrogens with two attached hydrogens (primary N) is 1. The standard InChI is InChI=1S/C15H29N3/c1-14(2)5-6-15(3,4)13-18-11-9-17(8-7-16)10-12-18/h6H,7-13,16H2,1-4H3. The summed E-state index contributed by atoms with van der Waals surface area (Å²) in [7, 11) is 0. The fraction of sp³-hybridized carbons (Fsp3) is 0.800. The van der Waals surface area contributed by atoms with Gasteiger partial charge in [0.1, 0.15) is 0 Å². The molecule has 0 spiro atoms. The van der Waals surface area contributed by atoms with E-state index in [0.29, 0.717) is 0 Å². The lowest BCUT2D eigenvalue weighted by Gasteiger charge is -2.37. The van der Waals surface area contributed by atoms with E-state index in [9.17, 15) is 0 Å². The van der Waals surface area contributed by atoms with Crippen LogP contribution in [0.2, 0.25) is 0 Å². The topological polar surface area (TPSA) is 32.5 Å². The van der Waals surface area contributed by atoms with Gasteiger partial charge in [0, 0.05) is 51.2 Å². The normalized spacial score (nSPS) is 18.5. The predicted molar refractivity (Wildman–Crippen MR) is 78.7 cm³/mol. The third-order valence-electron chi connectivity index (χ3n) is 3.29. The van der Waals surface area contributed by atoms with Crippen molar-refractivity contribution in [2.75, 3.05) is 45.8 Å². The molecule has 1 saturated heterocycles. The zero-order valence-corrected chi connectivity index (χ0v) is 12.5. The summed E-state index contributed by atoms with van der Waals surface area (Å²) in [6, 6.07) is 0. The van der Waals surface area contributed by atoms with Gasteiger partial charge in [-0.15, -0.1) is 5.73 Å². The minimum Gasteiger partial charge on any atom is -0.329 e. The van der Waals surface area contributed by atoms with Crippen LogP contribution in [0.1, 0.15) is 27.7 Å². The third kappa shape index (κ3) is 5.83. The molecule has 104 valence electrons. The first-order chi connectivity index (χ1) is 8.43. The second-order valence-electron chi connectivity index (χ2n) is 6.18. The summed E-state index contributed by atoms with van der Waals surface area (Å²) in [6.45, 7) is 16.3. The maximum Gasteiger partial charge on any atom is 0.0110 e. The second-order valence-corrected chi connectivity index (χ2v) is 6.18. The van der Waals surface area contributed by atoms with Gasteiger partial charge in [-0.1, -0.05) is 13.8 Å². The summed E-state index contributed by atoms with van der Waals surface area (Å²) in [6.07, 6.45) is 2.22. The van der Waals surface area contributed by atoms with Crippen molar-refractivity contribution in [3.8, 4) is 0 Å². The Bertz CT molecular complexity index is 302. The van der Waals surface area contributed by atoms with Gasteiger partial charge in [-0.3, -0.25) is 9.80 Å². The largest absolute Gasteiger partial charge is 0.329 e. The molecule has 1 aliphatic rings. The van der Waals surface area contributed by atoms with E-state index >= 15 is 0 Å². The van der Waals surface area contributed by atoms with Crippen LogP contribution in [0.4, 0.5) is 0 Å². The molecule has 2 N–H and O–H groups in total. The van der Waals surface area contributed by atoms with Crippen LogP contribution in [0.5, 0.6) is 0 Å². The van der Waals surface area contributed by atoms with Crippen molar-refractivity contribution in [1.29, 1.82) is 0 Å². The van der Waals surface area contributed by atoms with Gasteiger partial charge < -0.3 is 5.73 Å². The summed E-state index contributed by atoms with van der Waals surface area (Å²) in [5, 5.41) is 0. The fourth-order valence-corrected chi connectivity index (χ4v) is 2.32. The van der Waals surface area contributed by atoms with Crippen molar-refractivity contribution < 1.29 is 0 Å². The Kier molecular flexibility index (Phi) is 6.10. The Hall–Kier alpha value is -0.600. The summed E-state index contributed by atoms with van der Waals surface area (Å²) in [5.41, 5.74) is 10.4. The molecule has 1 fully saturated rings. The SMILES string of the molecule is CC(C)=C=CC(C)(C)CN1CCN(CCN)CC1. The van der Waals surface area contributed by atoms with Gasteiger partial charge in [0.25, 0.3) is 0 Å². The zero-order chi connectivity index (χ0) is 13.6. The average Bonchev–Trinajstić information content (AvgIpc) is 2.29. The lowest BCUT2D eigenvalue weighted by Crippen LogP contribution is -2.49. The molecule has 1 heterocycles. The van der Waals surface area contributed by atoms with Crippen LogP contribution in [0.15, 0.2) is 17.4 Å². The van der Waals surface area contributed by atoms with E-state index in [1.54, 1.807) is 0 Å². The van der Waals surface area contributed by atoms with Crippen LogP contribution in [-0.4, -0.2) is 55.6 Å². The second kappa shape index (κ2) is 7.10. The Morgan fingerprint density at radius 1 is 1.17 bits per heavy atom. The minimum absolute atomic E-state index is 0.202. The molecule has 0 atom stereocenters. The summed E-state index contributed by atoms with van der Waals surface area (Å²) in [4.78, 5) is 5.01. The van der Waals surface area contributed by atoms with E-state index < -0.39 is 0 Å². The fourth-order valence-electron chi connectivity index (χ4n) is 2.32. The van der Waals surface area contributed by atoms with Gasteiger partial charge in [-0.2, -0.15) is 0 Å². The Labute approximate surface area is 112 Å². The van der Waals surface area contributed by atoms with Crippen molar-refractivity contribution >= 4 is 0 Å². The zero-order valence-electron chi connectivity index (χ0n) is 12.5. The monoisotopic (exact) mass is 251 g/mol. The Morgan fingerprint density at radius 3 is 2.22 bits per heavy atom. The molecular weight excluding hydrogens is 222 g/mol. The molecule has 1 aliphatic heterocycles. The van der Waals surface area contributed by atoms with Gasteiger partial charge in [-0.05, 0) is 25.5 Å². The van der Waals surface area contributed by atoms with E-state index in [2.05, 4.69) is 49.3 Å². The number of nitrogens with zero attached hydrogens (tertiary/aromatic N) is 2. The van der Waals surface area contributed by atoms with Crippen LogP contribution >= 0.6 is 0 Å². The van der Waals surface area contributed by atoms with Crippen LogP contribution in [0, 0.1) is 5.41 Å². The highest BCUT2D eigenvalue weighted by molar-refractivity contribution is 5.01. The summed E-state index contributed by atoms with van der Waals surface area (Å²) >= 11 is 0. The number of hydrogen-bond acceptors (Lipinski definition) is 3. The first-order valence-electron chi connectivity index (χ1n) is 6.99. The molecule has 0 saturated carbocycles. The quantitative estimate of drug-likeness (QED) is 0.755. The van der Waals surface area contributed by atoms with E-state index in [1.807, 2.05) is 0 Å². The molecule has 0 aromatic rings. The van der Waals surface area contributed by atoms with Gasteiger partial charge in [0.2, 0.25) is 0 Å². The van der Waals surface area contributed by atoms with Crippen molar-refractivity contribution in [2.45, 2.75) is 27.7 Å². The molecule has 18 heavy (non-hydrogen) atoms. The molecule has 0 aromatic carbocycles. The average molecular weight is 251 g/mol.